The van der Waals surface area contributed by atoms with Crippen molar-refractivity contribution in [1.82, 2.24) is 4.57 Å². The van der Waals surface area contributed by atoms with Gasteiger partial charge in [-0.15, -0.1) is 0 Å². The summed E-state index contributed by atoms with van der Waals surface area (Å²) in [7, 11) is 1.80. The van der Waals surface area contributed by atoms with Gasteiger partial charge in [-0.2, -0.15) is 0 Å². The van der Waals surface area contributed by atoms with Gasteiger partial charge in [-0.05, 0) is 6.07 Å². The molecule has 3 rings (SSSR count). The van der Waals surface area contributed by atoms with Crippen molar-refractivity contribution in [3.05, 3.63) is 71.4 Å². The van der Waals surface area contributed by atoms with Crippen LogP contribution in [0.25, 0.3) is 10.9 Å². The molecule has 0 amide bonds. The minimum Gasteiger partial charge on any atom is -0.481 e. The summed E-state index contributed by atoms with van der Waals surface area (Å²) in [6, 6.07) is 16.4. The van der Waals surface area contributed by atoms with E-state index in [1.54, 1.807) is 35.9 Å². The second kappa shape index (κ2) is 5.48. The van der Waals surface area contributed by atoms with Crippen LogP contribution < -0.4 is 0 Å². The highest BCUT2D eigenvalue weighted by atomic mass is 16.4. The van der Waals surface area contributed by atoms with E-state index in [1.165, 1.54) is 0 Å². The first-order valence-corrected chi connectivity index (χ1v) is 6.97. The summed E-state index contributed by atoms with van der Waals surface area (Å²) < 4.78 is 1.78. The topological polar surface area (TPSA) is 59.3 Å². The molecule has 2 aromatic carbocycles. The predicted octanol–water partition coefficient (Wildman–Crippen LogP) is 3.04. The molecule has 0 saturated heterocycles. The van der Waals surface area contributed by atoms with Crippen molar-refractivity contribution in [2.45, 2.75) is 6.42 Å². The van der Waals surface area contributed by atoms with Crippen molar-refractivity contribution in [3.8, 4) is 0 Å². The Hall–Kier alpha value is -2.88. The zero-order valence-corrected chi connectivity index (χ0v) is 12.1. The van der Waals surface area contributed by atoms with Crippen LogP contribution in [0, 0.1) is 0 Å². The zero-order valence-electron chi connectivity index (χ0n) is 12.1. The molecule has 1 heterocycles. The fourth-order valence-electron chi connectivity index (χ4n) is 2.82. The van der Waals surface area contributed by atoms with Crippen molar-refractivity contribution in [2.24, 2.45) is 7.05 Å². The van der Waals surface area contributed by atoms with Gasteiger partial charge in [-0.3, -0.25) is 9.59 Å². The standard InChI is InChI=1S/C18H15NO3/c1-19-15-10-6-5-9-13(15)14(11-16(20)21)17(19)18(22)12-7-3-2-4-8-12/h2-10H,11H2,1H3,(H,20,21). The van der Waals surface area contributed by atoms with Gasteiger partial charge in [0, 0.05) is 29.1 Å². The number of ketones is 1. The Morgan fingerprint density at radius 2 is 1.64 bits per heavy atom. The molecule has 0 aliphatic heterocycles. The third-order valence-corrected chi connectivity index (χ3v) is 3.79. The summed E-state index contributed by atoms with van der Waals surface area (Å²) in [5.41, 5.74) is 2.42. The number of aliphatic carboxylic acids is 1. The molecular formula is C18H15NO3. The number of aromatic nitrogens is 1. The number of carboxylic acids is 1. The molecule has 1 aromatic heterocycles. The van der Waals surface area contributed by atoms with Crippen molar-refractivity contribution >= 4 is 22.7 Å². The van der Waals surface area contributed by atoms with Crippen LogP contribution in [0.4, 0.5) is 0 Å². The van der Waals surface area contributed by atoms with E-state index in [9.17, 15) is 14.7 Å². The van der Waals surface area contributed by atoms with Gasteiger partial charge in [0.05, 0.1) is 12.1 Å². The fourth-order valence-corrected chi connectivity index (χ4v) is 2.82. The summed E-state index contributed by atoms with van der Waals surface area (Å²) in [5, 5.41) is 10.0. The second-order valence-electron chi connectivity index (χ2n) is 5.17. The normalized spacial score (nSPS) is 10.8. The minimum absolute atomic E-state index is 0.157. The number of hydrogen-bond acceptors (Lipinski definition) is 2. The van der Waals surface area contributed by atoms with Gasteiger partial charge < -0.3 is 9.67 Å². The first-order chi connectivity index (χ1) is 10.6. The minimum atomic E-state index is -0.946. The highest BCUT2D eigenvalue weighted by Gasteiger charge is 2.23. The molecule has 0 atom stereocenters. The van der Waals surface area contributed by atoms with Gasteiger partial charge in [0.2, 0.25) is 5.78 Å². The Morgan fingerprint density at radius 3 is 2.32 bits per heavy atom. The highest BCUT2D eigenvalue weighted by molar-refractivity contribution is 6.12. The smallest absolute Gasteiger partial charge is 0.307 e. The quantitative estimate of drug-likeness (QED) is 0.752. The Bertz CT molecular complexity index is 863. The molecule has 0 spiro atoms. The second-order valence-corrected chi connectivity index (χ2v) is 5.17. The Balaban J connectivity index is 2.26. The van der Waals surface area contributed by atoms with Gasteiger partial charge in [0.25, 0.3) is 0 Å². The highest BCUT2D eigenvalue weighted by Crippen LogP contribution is 2.27. The van der Waals surface area contributed by atoms with E-state index < -0.39 is 5.97 Å². The van der Waals surface area contributed by atoms with Crippen molar-refractivity contribution < 1.29 is 14.7 Å². The molecule has 110 valence electrons. The maximum absolute atomic E-state index is 12.8. The lowest BCUT2D eigenvalue weighted by Gasteiger charge is -2.06. The van der Waals surface area contributed by atoms with Crippen molar-refractivity contribution in [1.29, 1.82) is 0 Å². The molecule has 4 heteroatoms. The number of benzene rings is 2. The fraction of sp³-hybridized carbons (Fsp3) is 0.111. The predicted molar refractivity (Wildman–Crippen MR) is 84.1 cm³/mol. The van der Waals surface area contributed by atoms with Crippen LogP contribution >= 0.6 is 0 Å². The number of nitrogens with zero attached hydrogens (tertiary/aromatic N) is 1. The van der Waals surface area contributed by atoms with Crippen molar-refractivity contribution in [2.75, 3.05) is 0 Å². The molecule has 22 heavy (non-hydrogen) atoms. The van der Waals surface area contributed by atoms with Crippen LogP contribution in [-0.4, -0.2) is 21.4 Å². The van der Waals surface area contributed by atoms with Gasteiger partial charge in [-0.1, -0.05) is 48.5 Å². The van der Waals surface area contributed by atoms with Gasteiger partial charge in [0.1, 0.15) is 0 Å². The van der Waals surface area contributed by atoms with Crippen LogP contribution in [0.1, 0.15) is 21.6 Å². The largest absolute Gasteiger partial charge is 0.481 e. The summed E-state index contributed by atoms with van der Waals surface area (Å²) >= 11 is 0. The van der Waals surface area contributed by atoms with Crippen LogP contribution in [0.5, 0.6) is 0 Å². The van der Waals surface area contributed by atoms with Crippen molar-refractivity contribution in [3.63, 3.8) is 0 Å². The zero-order chi connectivity index (χ0) is 15.7. The number of carbonyl (C=O) groups is 2. The molecule has 0 aliphatic rings. The first kappa shape index (κ1) is 14.1. The van der Waals surface area contributed by atoms with Crippen LogP contribution in [0.2, 0.25) is 0 Å². The molecule has 4 nitrogen and oxygen atoms in total. The van der Waals surface area contributed by atoms with E-state index in [2.05, 4.69) is 0 Å². The van der Waals surface area contributed by atoms with E-state index in [-0.39, 0.29) is 12.2 Å². The van der Waals surface area contributed by atoms with E-state index in [0.29, 0.717) is 16.8 Å². The Kier molecular flexibility index (Phi) is 3.51. The maximum Gasteiger partial charge on any atom is 0.307 e. The lowest BCUT2D eigenvalue weighted by atomic mass is 10.0. The molecular weight excluding hydrogens is 278 g/mol. The number of fused-ring (bicyclic) bond motifs is 1. The molecule has 1 N–H and O–H groups in total. The Labute approximate surface area is 127 Å². The van der Waals surface area contributed by atoms with Crippen LogP contribution in [0.15, 0.2) is 54.6 Å². The number of carbonyl (C=O) groups excluding carboxylic acids is 1. The maximum atomic E-state index is 12.8. The van der Waals surface area contributed by atoms with Gasteiger partial charge in [0.15, 0.2) is 0 Å². The lowest BCUT2D eigenvalue weighted by molar-refractivity contribution is -0.136. The number of carboxylic acid groups (broad SMARTS) is 1. The molecule has 0 aliphatic carbocycles. The SMILES string of the molecule is Cn1c(C(=O)c2ccccc2)c(CC(=O)O)c2ccccc21. The van der Waals surface area contributed by atoms with Crippen LogP contribution in [0.3, 0.4) is 0 Å². The summed E-state index contributed by atoms with van der Waals surface area (Å²) in [5.74, 6) is -1.10. The monoisotopic (exact) mass is 293 g/mol. The molecule has 0 saturated carbocycles. The molecule has 0 fully saturated rings. The molecule has 0 radical (unpaired) electrons. The molecule has 0 unspecified atom stereocenters. The number of hydrogen-bond donors (Lipinski definition) is 1. The number of aryl methyl sites for hydroxylation is 1. The summed E-state index contributed by atoms with van der Waals surface area (Å²) in [4.78, 5) is 24.0. The average molecular weight is 293 g/mol. The summed E-state index contributed by atoms with van der Waals surface area (Å²) in [6.07, 6.45) is -0.171. The molecule has 0 bridgehead atoms. The van der Waals surface area contributed by atoms with Crippen LogP contribution in [-0.2, 0) is 18.3 Å². The summed E-state index contributed by atoms with van der Waals surface area (Å²) in [6.45, 7) is 0. The Morgan fingerprint density at radius 1 is 1.00 bits per heavy atom. The van der Waals surface area contributed by atoms with Gasteiger partial charge >= 0.3 is 5.97 Å². The average Bonchev–Trinajstić information content (AvgIpc) is 2.80. The third kappa shape index (κ3) is 2.29. The van der Waals surface area contributed by atoms with E-state index in [0.717, 1.165) is 10.9 Å². The number of rotatable bonds is 4. The van der Waals surface area contributed by atoms with Gasteiger partial charge in [-0.25, -0.2) is 0 Å². The third-order valence-electron chi connectivity index (χ3n) is 3.79. The molecule has 3 aromatic rings. The number of para-hydroxylation sites is 1. The van der Waals surface area contributed by atoms with E-state index >= 15 is 0 Å². The van der Waals surface area contributed by atoms with E-state index in [1.807, 2.05) is 30.3 Å². The first-order valence-electron chi connectivity index (χ1n) is 6.97. The lowest BCUT2D eigenvalue weighted by Crippen LogP contribution is -2.12. The van der Waals surface area contributed by atoms with E-state index in [4.69, 9.17) is 0 Å².